The summed E-state index contributed by atoms with van der Waals surface area (Å²) in [7, 11) is 1.85. The van der Waals surface area contributed by atoms with E-state index in [1.807, 2.05) is 11.9 Å². The number of aliphatic carboxylic acids is 1. The van der Waals surface area contributed by atoms with Crippen LogP contribution in [0, 0.1) is 0 Å². The highest BCUT2D eigenvalue weighted by Gasteiger charge is 2.06. The number of hydrogen-bond donors (Lipinski definition) is 2. The van der Waals surface area contributed by atoms with Crippen LogP contribution in [-0.4, -0.2) is 75.4 Å². The molecule has 1 rings (SSSR count). The molecule has 0 aliphatic heterocycles. The molecule has 0 atom stereocenters. The highest BCUT2D eigenvalue weighted by molar-refractivity contribution is 5.66. The number of hydrogen-bond acceptors (Lipinski definition) is 7. The Morgan fingerprint density at radius 1 is 1.12 bits per heavy atom. The van der Waals surface area contributed by atoms with Gasteiger partial charge < -0.3 is 34.5 Å². The van der Waals surface area contributed by atoms with Crippen LogP contribution in [0.2, 0.25) is 0 Å². The maximum atomic E-state index is 11.6. The monoisotopic (exact) mass is 357 g/mol. The Morgan fingerprint density at radius 3 is 2.32 bits per heavy atom. The number of carbonyl (C=O) groups is 1. The van der Waals surface area contributed by atoms with Crippen LogP contribution in [0.5, 0.6) is 0 Å². The number of rotatable bonds is 14. The lowest BCUT2D eigenvalue weighted by Crippen LogP contribution is -2.27. The SMILES string of the molecule is CN(CCOCCOCCOCCN)c1ccc(=O)n(CC(=O)O)c1. The Hall–Kier alpha value is -1.94. The highest BCUT2D eigenvalue weighted by Crippen LogP contribution is 2.09. The van der Waals surface area contributed by atoms with E-state index in [9.17, 15) is 9.59 Å². The first-order chi connectivity index (χ1) is 12.0. The van der Waals surface area contributed by atoms with Crippen molar-refractivity contribution in [3.63, 3.8) is 0 Å². The molecule has 3 N–H and O–H groups in total. The van der Waals surface area contributed by atoms with E-state index in [1.54, 1.807) is 6.07 Å². The molecule has 142 valence electrons. The van der Waals surface area contributed by atoms with Crippen LogP contribution in [-0.2, 0) is 25.5 Å². The fourth-order valence-electron chi connectivity index (χ4n) is 1.97. The first-order valence-corrected chi connectivity index (χ1v) is 8.11. The molecule has 0 aliphatic carbocycles. The summed E-state index contributed by atoms with van der Waals surface area (Å²) in [6, 6.07) is 3.02. The van der Waals surface area contributed by atoms with Gasteiger partial charge in [-0.3, -0.25) is 9.59 Å². The second kappa shape index (κ2) is 12.4. The smallest absolute Gasteiger partial charge is 0.323 e. The topological polar surface area (TPSA) is 116 Å². The fraction of sp³-hybridized carbons (Fsp3) is 0.625. The molecule has 1 aromatic rings. The Balaban J connectivity index is 2.21. The van der Waals surface area contributed by atoms with Crippen molar-refractivity contribution in [1.82, 2.24) is 4.57 Å². The minimum absolute atomic E-state index is 0.344. The lowest BCUT2D eigenvalue weighted by molar-refractivity contribution is -0.137. The molecule has 0 fully saturated rings. The van der Waals surface area contributed by atoms with E-state index in [0.29, 0.717) is 52.7 Å². The number of anilines is 1. The van der Waals surface area contributed by atoms with E-state index in [2.05, 4.69) is 0 Å². The van der Waals surface area contributed by atoms with E-state index >= 15 is 0 Å². The Labute approximate surface area is 146 Å². The maximum absolute atomic E-state index is 11.6. The number of carboxylic acids is 1. The predicted octanol–water partition coefficient (Wildman–Crippen LogP) is -0.622. The van der Waals surface area contributed by atoms with Crippen molar-refractivity contribution in [2.24, 2.45) is 5.73 Å². The van der Waals surface area contributed by atoms with Crippen LogP contribution in [0.3, 0.4) is 0 Å². The van der Waals surface area contributed by atoms with Crippen molar-refractivity contribution >= 4 is 11.7 Å². The molecular weight excluding hydrogens is 330 g/mol. The summed E-state index contributed by atoms with van der Waals surface area (Å²) >= 11 is 0. The summed E-state index contributed by atoms with van der Waals surface area (Å²) in [6.45, 7) is 3.76. The molecule has 0 aromatic carbocycles. The number of nitrogens with zero attached hydrogens (tertiary/aromatic N) is 2. The van der Waals surface area contributed by atoms with Gasteiger partial charge in [0.15, 0.2) is 0 Å². The average Bonchev–Trinajstić information content (AvgIpc) is 2.58. The van der Waals surface area contributed by atoms with Crippen molar-refractivity contribution in [3.8, 4) is 0 Å². The van der Waals surface area contributed by atoms with Gasteiger partial charge in [0.2, 0.25) is 0 Å². The van der Waals surface area contributed by atoms with Crippen LogP contribution in [0.15, 0.2) is 23.1 Å². The van der Waals surface area contributed by atoms with Crippen molar-refractivity contribution in [1.29, 1.82) is 0 Å². The number of nitrogens with two attached hydrogens (primary N) is 1. The van der Waals surface area contributed by atoms with Gasteiger partial charge in [0.1, 0.15) is 6.54 Å². The second-order valence-electron chi connectivity index (χ2n) is 5.29. The van der Waals surface area contributed by atoms with Crippen molar-refractivity contribution < 1.29 is 24.1 Å². The third-order valence-electron chi connectivity index (χ3n) is 3.29. The zero-order chi connectivity index (χ0) is 18.5. The number of pyridine rings is 1. The summed E-state index contributed by atoms with van der Waals surface area (Å²) in [5, 5.41) is 8.81. The second-order valence-corrected chi connectivity index (χ2v) is 5.29. The Bertz CT molecular complexity index is 563. The minimum Gasteiger partial charge on any atom is -0.480 e. The summed E-state index contributed by atoms with van der Waals surface area (Å²) in [5.74, 6) is -1.06. The van der Waals surface area contributed by atoms with E-state index < -0.39 is 5.97 Å². The standard InChI is InChI=1S/C16H27N3O6/c1-18(5-7-24-9-11-25-10-8-23-6-4-17)14-2-3-15(20)19(12-14)13-16(21)22/h2-3,12H,4-11,13,17H2,1H3,(H,21,22). The molecule has 9 nitrogen and oxygen atoms in total. The molecule has 0 unspecified atom stereocenters. The fourth-order valence-corrected chi connectivity index (χ4v) is 1.97. The van der Waals surface area contributed by atoms with E-state index in [4.69, 9.17) is 25.1 Å². The minimum atomic E-state index is -1.06. The first kappa shape index (κ1) is 21.1. The van der Waals surface area contributed by atoms with Gasteiger partial charge in [-0.1, -0.05) is 0 Å². The molecule has 25 heavy (non-hydrogen) atoms. The third kappa shape index (κ3) is 9.20. The van der Waals surface area contributed by atoms with Gasteiger partial charge in [0.05, 0.1) is 45.3 Å². The molecule has 1 aromatic heterocycles. The van der Waals surface area contributed by atoms with Gasteiger partial charge in [0, 0.05) is 32.4 Å². The van der Waals surface area contributed by atoms with E-state index in [1.165, 1.54) is 12.3 Å². The molecule has 0 aliphatic rings. The zero-order valence-electron chi connectivity index (χ0n) is 14.6. The Kier molecular flexibility index (Phi) is 10.5. The summed E-state index contributed by atoms with van der Waals surface area (Å²) in [6.07, 6.45) is 1.53. The molecule has 0 amide bonds. The van der Waals surface area contributed by atoms with Gasteiger partial charge in [0.25, 0.3) is 5.56 Å². The van der Waals surface area contributed by atoms with E-state index in [0.717, 1.165) is 10.3 Å². The van der Waals surface area contributed by atoms with Crippen molar-refractivity contribution in [2.75, 3.05) is 64.7 Å². The molecule has 9 heteroatoms. The quantitative estimate of drug-likeness (QED) is 0.423. The number of likely N-dealkylation sites (N-methyl/N-ethyl adjacent to an activating group) is 1. The van der Waals surface area contributed by atoms with Gasteiger partial charge in [-0.2, -0.15) is 0 Å². The Morgan fingerprint density at radius 2 is 1.72 bits per heavy atom. The van der Waals surface area contributed by atoms with Gasteiger partial charge in [-0.15, -0.1) is 0 Å². The van der Waals surface area contributed by atoms with Crippen LogP contribution < -0.4 is 16.2 Å². The first-order valence-electron chi connectivity index (χ1n) is 8.11. The molecule has 0 saturated heterocycles. The largest absolute Gasteiger partial charge is 0.480 e. The summed E-state index contributed by atoms with van der Waals surface area (Å²) in [5.41, 5.74) is 5.70. The summed E-state index contributed by atoms with van der Waals surface area (Å²) in [4.78, 5) is 24.2. The molecule has 0 radical (unpaired) electrons. The van der Waals surface area contributed by atoms with E-state index in [-0.39, 0.29) is 12.1 Å². The maximum Gasteiger partial charge on any atom is 0.323 e. The average molecular weight is 357 g/mol. The number of carboxylic acid groups (broad SMARTS) is 1. The molecule has 0 saturated carbocycles. The lowest BCUT2D eigenvalue weighted by Gasteiger charge is -2.20. The van der Waals surface area contributed by atoms with Gasteiger partial charge in [-0.05, 0) is 6.07 Å². The third-order valence-corrected chi connectivity index (χ3v) is 3.29. The number of aromatic nitrogens is 1. The van der Waals surface area contributed by atoms with Crippen LogP contribution in [0.25, 0.3) is 0 Å². The van der Waals surface area contributed by atoms with Crippen LogP contribution >= 0.6 is 0 Å². The lowest BCUT2D eigenvalue weighted by atomic mass is 10.3. The van der Waals surface area contributed by atoms with Crippen LogP contribution in [0.1, 0.15) is 0 Å². The van der Waals surface area contributed by atoms with Crippen LogP contribution in [0.4, 0.5) is 5.69 Å². The van der Waals surface area contributed by atoms with Gasteiger partial charge in [-0.25, -0.2) is 0 Å². The zero-order valence-corrected chi connectivity index (χ0v) is 14.6. The molecule has 0 bridgehead atoms. The predicted molar refractivity (Wildman–Crippen MR) is 93.1 cm³/mol. The highest BCUT2D eigenvalue weighted by atomic mass is 16.5. The molecular formula is C16H27N3O6. The van der Waals surface area contributed by atoms with Crippen molar-refractivity contribution in [3.05, 3.63) is 28.7 Å². The number of ether oxygens (including phenoxy) is 3. The molecule has 0 spiro atoms. The molecule has 1 heterocycles. The van der Waals surface area contributed by atoms with Gasteiger partial charge >= 0.3 is 5.97 Å². The summed E-state index contributed by atoms with van der Waals surface area (Å²) < 4.78 is 17.2. The van der Waals surface area contributed by atoms with Crippen molar-refractivity contribution in [2.45, 2.75) is 6.54 Å². The normalized spacial score (nSPS) is 10.8.